The van der Waals surface area contributed by atoms with E-state index >= 15 is 0 Å². The van der Waals surface area contributed by atoms with Gasteiger partial charge < -0.3 is 18.8 Å². The van der Waals surface area contributed by atoms with Crippen LogP contribution in [0.4, 0.5) is 0 Å². The van der Waals surface area contributed by atoms with Crippen LogP contribution in [-0.2, 0) is 6.54 Å². The van der Waals surface area contributed by atoms with Gasteiger partial charge in [-0.05, 0) is 42.8 Å². The molecule has 1 aliphatic rings. The molecule has 7 heteroatoms. The van der Waals surface area contributed by atoms with Gasteiger partial charge in [0.15, 0.2) is 0 Å². The topological polar surface area (TPSA) is 84.8 Å². The second-order valence-electron chi connectivity index (χ2n) is 7.27. The molecule has 0 amide bonds. The van der Waals surface area contributed by atoms with Crippen molar-refractivity contribution in [2.45, 2.75) is 25.1 Å². The molecule has 4 aromatic rings. The summed E-state index contributed by atoms with van der Waals surface area (Å²) in [5, 5.41) is 15.5. The molecule has 3 heterocycles. The summed E-state index contributed by atoms with van der Waals surface area (Å²) in [6.45, 7) is 1.10. The number of hydrogen-bond acceptors (Lipinski definition) is 7. The second-order valence-corrected chi connectivity index (χ2v) is 7.27. The number of hydrogen-bond donors (Lipinski definition) is 1. The number of aliphatic hydroxyl groups excluding tert-OH is 1. The van der Waals surface area contributed by atoms with Gasteiger partial charge in [-0.25, -0.2) is 0 Å². The molecular formula is C22H21N3O4. The van der Waals surface area contributed by atoms with Crippen LogP contribution in [0, 0.1) is 0 Å². The average Bonchev–Trinajstić information content (AvgIpc) is 3.46. The van der Waals surface area contributed by atoms with Crippen molar-refractivity contribution in [3.05, 3.63) is 66.2 Å². The normalized spacial score (nSPS) is 19.8. The maximum atomic E-state index is 10.3. The van der Waals surface area contributed by atoms with Crippen LogP contribution in [-0.4, -0.2) is 39.9 Å². The van der Waals surface area contributed by atoms with Gasteiger partial charge in [-0.2, -0.15) is 4.98 Å². The van der Waals surface area contributed by atoms with Gasteiger partial charge in [0.1, 0.15) is 17.1 Å². The summed E-state index contributed by atoms with van der Waals surface area (Å²) in [7, 11) is 1.63. The largest absolute Gasteiger partial charge is 0.497 e. The number of likely N-dealkylation sites (tertiary alicyclic amines) is 1. The minimum Gasteiger partial charge on any atom is -0.497 e. The number of para-hydroxylation sites is 1. The van der Waals surface area contributed by atoms with E-state index in [-0.39, 0.29) is 6.04 Å². The maximum Gasteiger partial charge on any atom is 0.244 e. The fourth-order valence-corrected chi connectivity index (χ4v) is 3.85. The molecule has 0 radical (unpaired) electrons. The lowest BCUT2D eigenvalue weighted by Crippen LogP contribution is -2.24. The molecule has 1 fully saturated rings. The molecule has 0 bridgehead atoms. The van der Waals surface area contributed by atoms with Gasteiger partial charge >= 0.3 is 0 Å². The van der Waals surface area contributed by atoms with E-state index in [9.17, 15) is 5.11 Å². The van der Waals surface area contributed by atoms with Crippen molar-refractivity contribution in [1.82, 2.24) is 15.0 Å². The fourth-order valence-electron chi connectivity index (χ4n) is 3.85. The van der Waals surface area contributed by atoms with E-state index in [1.54, 1.807) is 7.11 Å². The Bertz CT molecular complexity index is 1090. The molecule has 148 valence electrons. The Labute approximate surface area is 167 Å². The molecule has 7 nitrogen and oxygen atoms in total. The van der Waals surface area contributed by atoms with Crippen molar-refractivity contribution in [3.8, 4) is 17.1 Å². The average molecular weight is 391 g/mol. The van der Waals surface area contributed by atoms with Gasteiger partial charge in [-0.1, -0.05) is 23.4 Å². The Balaban J connectivity index is 1.38. The molecule has 2 aromatic carbocycles. The predicted octanol–water partition coefficient (Wildman–Crippen LogP) is 3.80. The summed E-state index contributed by atoms with van der Waals surface area (Å²) in [6, 6.07) is 17.3. The van der Waals surface area contributed by atoms with Crippen molar-refractivity contribution in [2.75, 3.05) is 13.7 Å². The van der Waals surface area contributed by atoms with E-state index < -0.39 is 6.10 Å². The Hall–Kier alpha value is -3.16. The van der Waals surface area contributed by atoms with Crippen LogP contribution >= 0.6 is 0 Å². The van der Waals surface area contributed by atoms with E-state index in [1.165, 1.54) is 0 Å². The third kappa shape index (κ3) is 3.50. The quantitative estimate of drug-likeness (QED) is 0.554. The third-order valence-electron chi connectivity index (χ3n) is 5.29. The Morgan fingerprint density at radius 1 is 1.17 bits per heavy atom. The highest BCUT2D eigenvalue weighted by Crippen LogP contribution is 2.34. The zero-order valence-corrected chi connectivity index (χ0v) is 16.0. The number of methoxy groups -OCH3 is 1. The molecule has 0 saturated carbocycles. The number of furan rings is 1. The number of β-amino-alcohol motifs (C(OH)–C–C–N with tert-alkyl or cyclic N) is 1. The van der Waals surface area contributed by atoms with E-state index in [0.717, 1.165) is 28.0 Å². The van der Waals surface area contributed by atoms with Crippen molar-refractivity contribution in [2.24, 2.45) is 0 Å². The monoisotopic (exact) mass is 391 g/mol. The first-order valence-corrected chi connectivity index (χ1v) is 9.57. The Morgan fingerprint density at radius 2 is 2.00 bits per heavy atom. The third-order valence-corrected chi connectivity index (χ3v) is 5.29. The summed E-state index contributed by atoms with van der Waals surface area (Å²) in [5.74, 6) is 2.64. The highest BCUT2D eigenvalue weighted by atomic mass is 16.5. The fraction of sp³-hybridized carbons (Fsp3) is 0.273. The van der Waals surface area contributed by atoms with Crippen LogP contribution in [0.15, 0.2) is 63.5 Å². The van der Waals surface area contributed by atoms with E-state index in [0.29, 0.717) is 31.2 Å². The van der Waals surface area contributed by atoms with Crippen molar-refractivity contribution >= 4 is 11.0 Å². The number of nitrogens with zero attached hydrogens (tertiary/aromatic N) is 3. The lowest BCUT2D eigenvalue weighted by molar-refractivity contribution is 0.164. The number of aliphatic hydroxyl groups is 1. The summed E-state index contributed by atoms with van der Waals surface area (Å²) < 4.78 is 16.7. The van der Waals surface area contributed by atoms with Crippen LogP contribution in [0.1, 0.15) is 24.1 Å². The van der Waals surface area contributed by atoms with Gasteiger partial charge in [0.2, 0.25) is 11.7 Å². The molecule has 1 aliphatic heterocycles. The van der Waals surface area contributed by atoms with E-state index in [1.807, 2.05) is 54.6 Å². The first-order valence-electron chi connectivity index (χ1n) is 9.57. The standard InChI is InChI=1S/C22H21N3O4/c1-27-17-8-6-14(7-9-17)21-23-22(29-24-21)19-11-16(26)12-25(19)13-18-10-15-4-2-3-5-20(15)28-18/h2-10,16,19,26H,11-13H2,1H3/t16-,19-/m1/s1. The molecular weight excluding hydrogens is 370 g/mol. The molecule has 0 spiro atoms. The molecule has 29 heavy (non-hydrogen) atoms. The summed E-state index contributed by atoms with van der Waals surface area (Å²) in [5.41, 5.74) is 1.71. The molecule has 1 N–H and O–H groups in total. The van der Waals surface area contributed by atoms with E-state index in [4.69, 9.17) is 13.7 Å². The minimum absolute atomic E-state index is 0.155. The van der Waals surface area contributed by atoms with Crippen molar-refractivity contribution in [1.29, 1.82) is 0 Å². The Morgan fingerprint density at radius 3 is 2.79 bits per heavy atom. The summed E-state index contributed by atoms with van der Waals surface area (Å²) >= 11 is 0. The highest BCUT2D eigenvalue weighted by molar-refractivity contribution is 5.77. The first-order chi connectivity index (χ1) is 14.2. The van der Waals surface area contributed by atoms with Gasteiger partial charge in [-0.15, -0.1) is 0 Å². The van der Waals surface area contributed by atoms with Crippen LogP contribution < -0.4 is 4.74 Å². The lowest BCUT2D eigenvalue weighted by Gasteiger charge is -2.19. The van der Waals surface area contributed by atoms with Crippen LogP contribution in [0.5, 0.6) is 5.75 Å². The zero-order chi connectivity index (χ0) is 19.8. The second kappa shape index (κ2) is 7.35. The van der Waals surface area contributed by atoms with Gasteiger partial charge in [0.25, 0.3) is 0 Å². The van der Waals surface area contributed by atoms with Crippen molar-refractivity contribution in [3.63, 3.8) is 0 Å². The molecule has 0 unspecified atom stereocenters. The van der Waals surface area contributed by atoms with Crippen LogP contribution in [0.2, 0.25) is 0 Å². The zero-order valence-electron chi connectivity index (χ0n) is 16.0. The highest BCUT2D eigenvalue weighted by Gasteiger charge is 2.36. The Kier molecular flexibility index (Phi) is 4.54. The smallest absolute Gasteiger partial charge is 0.244 e. The van der Waals surface area contributed by atoms with Gasteiger partial charge in [0.05, 0.1) is 25.8 Å². The first kappa shape index (κ1) is 17.9. The van der Waals surface area contributed by atoms with Gasteiger partial charge in [-0.3, -0.25) is 4.90 Å². The SMILES string of the molecule is COc1ccc(-c2noc([C@H]3C[C@@H](O)CN3Cc3cc4ccccc4o3)n2)cc1. The van der Waals surface area contributed by atoms with Crippen LogP contribution in [0.3, 0.4) is 0 Å². The lowest BCUT2D eigenvalue weighted by atomic mass is 10.2. The predicted molar refractivity (Wildman–Crippen MR) is 106 cm³/mol. The molecule has 5 rings (SSSR count). The van der Waals surface area contributed by atoms with Gasteiger partial charge in [0, 0.05) is 17.5 Å². The summed E-state index contributed by atoms with van der Waals surface area (Å²) in [6.07, 6.45) is 0.102. The van der Waals surface area contributed by atoms with E-state index in [2.05, 4.69) is 15.0 Å². The molecule has 2 atom stereocenters. The number of fused-ring (bicyclic) bond motifs is 1. The molecule has 2 aromatic heterocycles. The number of aromatic nitrogens is 2. The number of benzene rings is 2. The summed E-state index contributed by atoms with van der Waals surface area (Å²) in [4.78, 5) is 6.70. The van der Waals surface area contributed by atoms with Crippen LogP contribution in [0.25, 0.3) is 22.4 Å². The number of rotatable bonds is 5. The molecule has 1 saturated heterocycles. The molecule has 0 aliphatic carbocycles. The van der Waals surface area contributed by atoms with Crippen molar-refractivity contribution < 1.29 is 18.8 Å². The maximum absolute atomic E-state index is 10.3. The number of ether oxygens (including phenoxy) is 1. The minimum atomic E-state index is -0.444.